The van der Waals surface area contributed by atoms with Crippen LogP contribution in [0.3, 0.4) is 0 Å². The fourth-order valence-corrected chi connectivity index (χ4v) is 2.94. The van der Waals surface area contributed by atoms with Gasteiger partial charge in [-0.25, -0.2) is 9.97 Å². The Morgan fingerprint density at radius 1 is 1.40 bits per heavy atom. The molecule has 2 aromatic heterocycles. The summed E-state index contributed by atoms with van der Waals surface area (Å²) in [5.41, 5.74) is 0.432. The van der Waals surface area contributed by atoms with Crippen LogP contribution in [0.15, 0.2) is 17.0 Å². The fraction of sp³-hybridized carbons (Fsp3) is 0.455. The molecule has 1 aliphatic rings. The zero-order valence-electron chi connectivity index (χ0n) is 10.3. The van der Waals surface area contributed by atoms with Crippen molar-refractivity contribution in [2.45, 2.75) is 31.5 Å². The van der Waals surface area contributed by atoms with Gasteiger partial charge in [0.25, 0.3) is 6.29 Å². The number of halogens is 2. The highest BCUT2D eigenvalue weighted by Gasteiger charge is 2.42. The number of rotatable bonds is 2. The molecule has 1 aliphatic heterocycles. The summed E-state index contributed by atoms with van der Waals surface area (Å²) < 4.78 is 7.32. The van der Waals surface area contributed by atoms with E-state index in [1.54, 1.807) is 13.1 Å². The highest BCUT2D eigenvalue weighted by atomic mass is 79.9. The molecule has 0 spiro atoms. The largest absolute Gasteiger partial charge is 0.387 e. The molecule has 108 valence electrons. The summed E-state index contributed by atoms with van der Waals surface area (Å²) in [5, 5.41) is 20.4. The monoisotopic (exact) mass is 363 g/mol. The Balaban J connectivity index is 1.94. The smallest absolute Gasteiger partial charge is 0.253 e. The Hall–Kier alpha value is -0.930. The number of fused-ring (bicyclic) bond motifs is 1. The SMILES string of the molecule is C[C@H]1O[C@@H](On2cc(Br)c3c(Cl)ncnc32)[C@H](O)[C@@H]1O. The van der Waals surface area contributed by atoms with Crippen LogP contribution in [-0.4, -0.2) is 49.5 Å². The first kappa shape index (κ1) is 14.0. The van der Waals surface area contributed by atoms with Crippen LogP contribution in [-0.2, 0) is 4.74 Å². The molecule has 1 fully saturated rings. The minimum atomic E-state index is -1.14. The number of hydrogen-bond acceptors (Lipinski definition) is 6. The Labute approximate surface area is 127 Å². The lowest BCUT2D eigenvalue weighted by Gasteiger charge is -2.16. The number of aromatic nitrogens is 3. The van der Waals surface area contributed by atoms with Crippen molar-refractivity contribution in [3.8, 4) is 0 Å². The van der Waals surface area contributed by atoms with E-state index in [0.717, 1.165) is 0 Å². The third-order valence-corrected chi connectivity index (χ3v) is 4.02. The lowest BCUT2D eigenvalue weighted by atomic mass is 10.2. The van der Waals surface area contributed by atoms with Crippen molar-refractivity contribution in [1.82, 2.24) is 14.7 Å². The van der Waals surface area contributed by atoms with Gasteiger partial charge in [0.1, 0.15) is 23.7 Å². The van der Waals surface area contributed by atoms with Crippen molar-refractivity contribution in [1.29, 1.82) is 0 Å². The van der Waals surface area contributed by atoms with E-state index in [4.69, 9.17) is 21.2 Å². The van der Waals surface area contributed by atoms with Gasteiger partial charge in [-0.15, -0.1) is 0 Å². The van der Waals surface area contributed by atoms with E-state index in [0.29, 0.717) is 15.5 Å². The van der Waals surface area contributed by atoms with Gasteiger partial charge in [0.05, 0.1) is 22.2 Å². The molecule has 0 saturated carbocycles. The van der Waals surface area contributed by atoms with Gasteiger partial charge in [0, 0.05) is 0 Å². The topological polar surface area (TPSA) is 89.6 Å². The molecule has 2 aromatic rings. The van der Waals surface area contributed by atoms with Crippen molar-refractivity contribution >= 4 is 38.6 Å². The lowest BCUT2D eigenvalue weighted by Crippen LogP contribution is -2.37. The first-order valence-electron chi connectivity index (χ1n) is 5.85. The number of ether oxygens (including phenoxy) is 1. The Morgan fingerprint density at radius 3 is 2.80 bits per heavy atom. The van der Waals surface area contributed by atoms with Crippen LogP contribution in [0.25, 0.3) is 11.0 Å². The molecule has 2 N–H and O–H groups in total. The van der Waals surface area contributed by atoms with E-state index < -0.39 is 24.6 Å². The molecule has 9 heteroatoms. The van der Waals surface area contributed by atoms with Crippen LogP contribution in [0.1, 0.15) is 6.92 Å². The quantitative estimate of drug-likeness (QED) is 0.764. The Morgan fingerprint density at radius 2 is 2.15 bits per heavy atom. The summed E-state index contributed by atoms with van der Waals surface area (Å²) in [6.07, 6.45) is -0.742. The van der Waals surface area contributed by atoms with Gasteiger partial charge < -0.3 is 19.8 Å². The molecule has 4 atom stereocenters. The third-order valence-electron chi connectivity index (χ3n) is 3.14. The molecule has 0 aliphatic carbocycles. The summed E-state index contributed by atoms with van der Waals surface area (Å²) >= 11 is 9.34. The van der Waals surface area contributed by atoms with Gasteiger partial charge in [-0.1, -0.05) is 11.6 Å². The maximum absolute atomic E-state index is 9.84. The minimum absolute atomic E-state index is 0.283. The van der Waals surface area contributed by atoms with E-state index in [9.17, 15) is 10.2 Å². The molecule has 3 heterocycles. The third kappa shape index (κ3) is 2.17. The molecule has 0 unspecified atom stereocenters. The van der Waals surface area contributed by atoms with Crippen LogP contribution in [0.5, 0.6) is 0 Å². The van der Waals surface area contributed by atoms with Crippen LogP contribution in [0.4, 0.5) is 0 Å². The highest BCUT2D eigenvalue weighted by molar-refractivity contribution is 9.10. The fourth-order valence-electron chi connectivity index (χ4n) is 2.05. The molecule has 0 amide bonds. The summed E-state index contributed by atoms with van der Waals surface area (Å²) in [6.45, 7) is 1.65. The standard InChI is InChI=1S/C11H11BrClN3O4/c1-4-7(17)8(18)11(19-4)20-16-2-5(12)6-9(13)14-3-15-10(6)16/h2-4,7-8,11,17-18H,1H3/t4-,7-,8-,11+/m1/s1. The summed E-state index contributed by atoms with van der Waals surface area (Å²) in [7, 11) is 0. The van der Waals surface area contributed by atoms with Crippen molar-refractivity contribution in [2.75, 3.05) is 0 Å². The molecular weight excluding hydrogens is 353 g/mol. The zero-order chi connectivity index (χ0) is 14.4. The van der Waals surface area contributed by atoms with Gasteiger partial charge in [-0.05, 0) is 22.9 Å². The zero-order valence-corrected chi connectivity index (χ0v) is 12.6. The van der Waals surface area contributed by atoms with E-state index in [2.05, 4.69) is 25.9 Å². The van der Waals surface area contributed by atoms with Gasteiger partial charge in [-0.2, -0.15) is 4.73 Å². The minimum Gasteiger partial charge on any atom is -0.387 e. The van der Waals surface area contributed by atoms with Crippen LogP contribution in [0.2, 0.25) is 5.15 Å². The number of hydrogen-bond donors (Lipinski definition) is 2. The molecule has 0 bridgehead atoms. The van der Waals surface area contributed by atoms with E-state index in [1.165, 1.54) is 11.1 Å². The van der Waals surface area contributed by atoms with Gasteiger partial charge in [0.2, 0.25) is 0 Å². The maximum atomic E-state index is 9.84. The molecule has 7 nitrogen and oxygen atoms in total. The molecule has 1 saturated heterocycles. The average molecular weight is 365 g/mol. The normalized spacial score (nSPS) is 30.1. The van der Waals surface area contributed by atoms with E-state index in [-0.39, 0.29) is 5.15 Å². The lowest BCUT2D eigenvalue weighted by molar-refractivity contribution is -0.162. The first-order valence-corrected chi connectivity index (χ1v) is 7.02. The van der Waals surface area contributed by atoms with Gasteiger partial charge in [-0.3, -0.25) is 0 Å². The van der Waals surface area contributed by atoms with Crippen LogP contribution < -0.4 is 4.84 Å². The molecule has 20 heavy (non-hydrogen) atoms. The summed E-state index contributed by atoms with van der Waals surface area (Å²) in [6, 6.07) is 0. The van der Waals surface area contributed by atoms with Gasteiger partial charge in [0.15, 0.2) is 5.65 Å². The summed E-state index contributed by atoms with van der Waals surface area (Å²) in [5.74, 6) is 0. The maximum Gasteiger partial charge on any atom is 0.253 e. The molecular formula is C11H11BrClN3O4. The number of aliphatic hydroxyl groups excluding tert-OH is 2. The van der Waals surface area contributed by atoms with E-state index >= 15 is 0 Å². The van der Waals surface area contributed by atoms with Crippen molar-refractivity contribution in [2.24, 2.45) is 0 Å². The Bertz CT molecular complexity index is 652. The second-order valence-corrected chi connectivity index (χ2v) is 5.67. The van der Waals surface area contributed by atoms with Crippen LogP contribution in [0, 0.1) is 0 Å². The highest BCUT2D eigenvalue weighted by Crippen LogP contribution is 2.30. The summed E-state index contributed by atoms with van der Waals surface area (Å²) in [4.78, 5) is 13.5. The predicted octanol–water partition coefficient (Wildman–Crippen LogP) is 0.742. The van der Waals surface area contributed by atoms with Crippen molar-refractivity contribution < 1.29 is 19.8 Å². The molecule has 0 aromatic carbocycles. The van der Waals surface area contributed by atoms with Gasteiger partial charge >= 0.3 is 0 Å². The number of nitrogens with zero attached hydrogens (tertiary/aromatic N) is 3. The van der Waals surface area contributed by atoms with Crippen molar-refractivity contribution in [3.05, 3.63) is 22.1 Å². The second kappa shape index (κ2) is 5.12. The predicted molar refractivity (Wildman–Crippen MR) is 73.2 cm³/mol. The first-order chi connectivity index (χ1) is 9.49. The van der Waals surface area contributed by atoms with E-state index in [1.807, 2.05) is 0 Å². The van der Waals surface area contributed by atoms with Crippen molar-refractivity contribution in [3.63, 3.8) is 0 Å². The number of aliphatic hydroxyl groups is 2. The average Bonchev–Trinajstić information content (AvgIpc) is 2.85. The second-order valence-electron chi connectivity index (χ2n) is 4.46. The molecule has 3 rings (SSSR count). The molecule has 0 radical (unpaired) electrons. The van der Waals surface area contributed by atoms with Crippen LogP contribution >= 0.6 is 27.5 Å². The Kier molecular flexibility index (Phi) is 3.59.